The van der Waals surface area contributed by atoms with E-state index in [0.29, 0.717) is 0 Å². The van der Waals surface area contributed by atoms with Crippen molar-refractivity contribution in [2.24, 2.45) is 5.73 Å². The summed E-state index contributed by atoms with van der Waals surface area (Å²) in [5, 5.41) is 0. The van der Waals surface area contributed by atoms with Crippen LogP contribution in [0, 0.1) is 0 Å². The first-order valence-electron chi connectivity index (χ1n) is 6.99. The number of halogens is 1. The van der Waals surface area contributed by atoms with Gasteiger partial charge in [0.1, 0.15) is 0 Å². The Labute approximate surface area is 119 Å². The molecule has 0 radical (unpaired) electrons. The molecule has 2 nitrogen and oxygen atoms in total. The minimum absolute atomic E-state index is 0.168. The molecule has 1 fully saturated rings. The Morgan fingerprint density at radius 1 is 1.06 bits per heavy atom. The van der Waals surface area contributed by atoms with E-state index in [-0.39, 0.29) is 6.04 Å². The van der Waals surface area contributed by atoms with Crippen LogP contribution in [0.15, 0.2) is 28.7 Å². The molecule has 0 saturated carbocycles. The van der Waals surface area contributed by atoms with E-state index in [9.17, 15) is 0 Å². The van der Waals surface area contributed by atoms with Crippen molar-refractivity contribution in [1.82, 2.24) is 4.90 Å². The van der Waals surface area contributed by atoms with Gasteiger partial charge in [-0.05, 0) is 56.6 Å². The molecule has 2 N–H and O–H groups in total. The summed E-state index contributed by atoms with van der Waals surface area (Å²) in [4.78, 5) is 2.58. The lowest BCUT2D eigenvalue weighted by molar-refractivity contribution is 0.273. The van der Waals surface area contributed by atoms with Crippen molar-refractivity contribution in [2.45, 2.75) is 38.1 Å². The quantitative estimate of drug-likeness (QED) is 0.918. The predicted octanol–water partition coefficient (Wildman–Crippen LogP) is 3.72. The number of benzene rings is 1. The molecule has 100 valence electrons. The van der Waals surface area contributed by atoms with Crippen molar-refractivity contribution >= 4 is 15.9 Å². The predicted molar refractivity (Wildman–Crippen MR) is 80.6 cm³/mol. The molecule has 1 unspecified atom stereocenters. The van der Waals surface area contributed by atoms with Crippen molar-refractivity contribution in [1.29, 1.82) is 0 Å². The van der Waals surface area contributed by atoms with Crippen LogP contribution in [-0.2, 0) is 0 Å². The fourth-order valence-electron chi connectivity index (χ4n) is 2.56. The van der Waals surface area contributed by atoms with Gasteiger partial charge >= 0.3 is 0 Å². The highest BCUT2D eigenvalue weighted by molar-refractivity contribution is 9.10. The fraction of sp³-hybridized carbons (Fsp3) is 0.600. The SMILES string of the molecule is NC(CCN1CCCCCC1)c1ccc(Br)cc1. The third-order valence-corrected chi connectivity index (χ3v) is 4.28. The minimum Gasteiger partial charge on any atom is -0.324 e. The zero-order chi connectivity index (χ0) is 12.8. The van der Waals surface area contributed by atoms with Crippen molar-refractivity contribution in [3.05, 3.63) is 34.3 Å². The summed E-state index contributed by atoms with van der Waals surface area (Å²) in [5.74, 6) is 0. The number of nitrogens with zero attached hydrogens (tertiary/aromatic N) is 1. The van der Waals surface area contributed by atoms with E-state index in [1.165, 1.54) is 44.3 Å². The Morgan fingerprint density at radius 2 is 1.67 bits per heavy atom. The van der Waals surface area contributed by atoms with Gasteiger partial charge in [-0.25, -0.2) is 0 Å². The molecule has 1 aromatic carbocycles. The van der Waals surface area contributed by atoms with Gasteiger partial charge in [0, 0.05) is 10.5 Å². The molecule has 1 saturated heterocycles. The normalized spacial score (nSPS) is 19.4. The summed E-state index contributed by atoms with van der Waals surface area (Å²) < 4.78 is 1.12. The molecule has 1 aromatic rings. The van der Waals surface area contributed by atoms with Gasteiger partial charge in [0.25, 0.3) is 0 Å². The van der Waals surface area contributed by atoms with E-state index < -0.39 is 0 Å². The number of nitrogens with two attached hydrogens (primary N) is 1. The third kappa shape index (κ3) is 4.38. The zero-order valence-electron chi connectivity index (χ0n) is 10.9. The van der Waals surface area contributed by atoms with E-state index in [4.69, 9.17) is 5.73 Å². The van der Waals surface area contributed by atoms with Crippen molar-refractivity contribution in [3.63, 3.8) is 0 Å². The lowest BCUT2D eigenvalue weighted by atomic mass is 10.0. The first-order valence-corrected chi connectivity index (χ1v) is 7.78. The number of likely N-dealkylation sites (tertiary alicyclic amines) is 1. The van der Waals surface area contributed by atoms with Gasteiger partial charge < -0.3 is 10.6 Å². The van der Waals surface area contributed by atoms with E-state index >= 15 is 0 Å². The third-order valence-electron chi connectivity index (χ3n) is 3.75. The van der Waals surface area contributed by atoms with Gasteiger partial charge in [0.15, 0.2) is 0 Å². The Hall–Kier alpha value is -0.380. The molecule has 0 spiro atoms. The summed E-state index contributed by atoms with van der Waals surface area (Å²) in [6.45, 7) is 3.65. The summed E-state index contributed by atoms with van der Waals surface area (Å²) >= 11 is 3.46. The van der Waals surface area contributed by atoms with Crippen LogP contribution >= 0.6 is 15.9 Å². The lowest BCUT2D eigenvalue weighted by Crippen LogP contribution is -2.28. The Morgan fingerprint density at radius 3 is 2.28 bits per heavy atom. The van der Waals surface area contributed by atoms with Gasteiger partial charge in [-0.2, -0.15) is 0 Å². The van der Waals surface area contributed by atoms with E-state index in [1.54, 1.807) is 0 Å². The van der Waals surface area contributed by atoms with Crippen LogP contribution in [0.1, 0.15) is 43.7 Å². The number of hydrogen-bond donors (Lipinski definition) is 1. The molecule has 0 aromatic heterocycles. The Bertz CT molecular complexity index is 342. The number of hydrogen-bond acceptors (Lipinski definition) is 2. The highest BCUT2D eigenvalue weighted by Crippen LogP contribution is 2.18. The van der Waals surface area contributed by atoms with Crippen molar-refractivity contribution < 1.29 is 0 Å². The maximum atomic E-state index is 6.26. The highest BCUT2D eigenvalue weighted by Gasteiger charge is 2.11. The van der Waals surface area contributed by atoms with Crippen LogP contribution < -0.4 is 5.73 Å². The second kappa shape index (κ2) is 7.27. The molecule has 1 atom stereocenters. The van der Waals surface area contributed by atoms with Crippen LogP contribution in [0.5, 0.6) is 0 Å². The fourth-order valence-corrected chi connectivity index (χ4v) is 2.82. The summed E-state index contributed by atoms with van der Waals surface area (Å²) in [7, 11) is 0. The van der Waals surface area contributed by atoms with Gasteiger partial charge in [0.2, 0.25) is 0 Å². The molecule has 1 heterocycles. The molecule has 2 rings (SSSR count). The molecule has 3 heteroatoms. The summed E-state index contributed by atoms with van der Waals surface area (Å²) in [5.41, 5.74) is 7.50. The van der Waals surface area contributed by atoms with Crippen LogP contribution in [0.2, 0.25) is 0 Å². The average molecular weight is 311 g/mol. The molecular weight excluding hydrogens is 288 g/mol. The van der Waals surface area contributed by atoms with Crippen LogP contribution in [0.3, 0.4) is 0 Å². The summed E-state index contributed by atoms with van der Waals surface area (Å²) in [6, 6.07) is 8.55. The molecular formula is C15H23BrN2. The van der Waals surface area contributed by atoms with E-state index in [0.717, 1.165) is 17.4 Å². The van der Waals surface area contributed by atoms with Crippen LogP contribution in [0.4, 0.5) is 0 Å². The van der Waals surface area contributed by atoms with Gasteiger partial charge in [-0.1, -0.05) is 40.9 Å². The van der Waals surface area contributed by atoms with Crippen LogP contribution in [0.25, 0.3) is 0 Å². The molecule has 0 bridgehead atoms. The maximum absolute atomic E-state index is 6.26. The van der Waals surface area contributed by atoms with Crippen LogP contribution in [-0.4, -0.2) is 24.5 Å². The molecule has 1 aliphatic heterocycles. The van der Waals surface area contributed by atoms with Gasteiger partial charge in [-0.15, -0.1) is 0 Å². The largest absolute Gasteiger partial charge is 0.324 e. The van der Waals surface area contributed by atoms with Crippen molar-refractivity contribution in [2.75, 3.05) is 19.6 Å². The topological polar surface area (TPSA) is 29.3 Å². The van der Waals surface area contributed by atoms with E-state index in [2.05, 4.69) is 45.1 Å². The second-order valence-corrected chi connectivity index (χ2v) is 6.12. The lowest BCUT2D eigenvalue weighted by Gasteiger charge is -2.22. The molecule has 0 aliphatic carbocycles. The Balaban J connectivity index is 1.80. The maximum Gasteiger partial charge on any atom is 0.0307 e. The minimum atomic E-state index is 0.168. The average Bonchev–Trinajstić information content (AvgIpc) is 2.65. The molecule has 18 heavy (non-hydrogen) atoms. The zero-order valence-corrected chi connectivity index (χ0v) is 12.5. The van der Waals surface area contributed by atoms with Gasteiger partial charge in [-0.3, -0.25) is 0 Å². The van der Waals surface area contributed by atoms with Gasteiger partial charge in [0.05, 0.1) is 0 Å². The smallest absolute Gasteiger partial charge is 0.0307 e. The second-order valence-electron chi connectivity index (χ2n) is 5.20. The number of rotatable bonds is 4. The first-order chi connectivity index (χ1) is 8.75. The highest BCUT2D eigenvalue weighted by atomic mass is 79.9. The van der Waals surface area contributed by atoms with E-state index in [1.807, 2.05) is 0 Å². The Kier molecular flexibility index (Phi) is 5.67. The molecule has 1 aliphatic rings. The van der Waals surface area contributed by atoms with Crippen molar-refractivity contribution in [3.8, 4) is 0 Å². The first kappa shape index (κ1) is 14.0. The monoisotopic (exact) mass is 310 g/mol. The standard InChI is InChI=1S/C15H23BrN2/c16-14-7-5-13(6-8-14)15(17)9-12-18-10-3-1-2-4-11-18/h5-8,15H,1-4,9-12,17H2. The molecule has 0 amide bonds. The summed E-state index contributed by atoms with van der Waals surface area (Å²) in [6.07, 6.45) is 6.56.